The van der Waals surface area contributed by atoms with Crippen LogP contribution in [0.25, 0.3) is 21.6 Å². The number of carbonyl (C=O) groups is 2. The van der Waals surface area contributed by atoms with Gasteiger partial charge in [-0.2, -0.15) is 0 Å². The molecule has 3 aromatic heterocycles. The fourth-order valence-corrected chi connectivity index (χ4v) is 7.36. The molecule has 0 aromatic carbocycles. The highest BCUT2D eigenvalue weighted by Gasteiger charge is 2.44. The van der Waals surface area contributed by atoms with Crippen LogP contribution in [-0.2, 0) is 4.79 Å². The van der Waals surface area contributed by atoms with Crippen molar-refractivity contribution in [1.29, 1.82) is 0 Å². The number of rotatable bonds is 8. The molecule has 1 unspecified atom stereocenters. The number of pyridine rings is 1. The molecule has 3 aliphatic carbocycles. The molecule has 4 fully saturated rings. The summed E-state index contributed by atoms with van der Waals surface area (Å²) < 4.78 is 0. The SMILES string of the molecule is C[C@H](O)C(=O)N1C[C@H]2CC(Nc3c(-c4nc(C5CC5)c(C(=O)NCC5(O)CC5)s4)cnc4[nH]ccc34)C[C@H]2C1. The molecule has 206 valence electrons. The molecule has 1 aliphatic heterocycles. The summed E-state index contributed by atoms with van der Waals surface area (Å²) in [4.78, 5) is 40.7. The molecule has 3 saturated carbocycles. The minimum absolute atomic E-state index is 0.161. The number of hydrogen-bond acceptors (Lipinski definition) is 8. The first-order chi connectivity index (χ1) is 18.8. The molecule has 0 bridgehead atoms. The lowest BCUT2D eigenvalue weighted by Crippen LogP contribution is -2.37. The zero-order valence-electron chi connectivity index (χ0n) is 21.9. The molecular formula is C28H34N6O4S. The Morgan fingerprint density at radius 2 is 2.00 bits per heavy atom. The first kappa shape index (κ1) is 25.0. The van der Waals surface area contributed by atoms with Crippen molar-refractivity contribution in [3.8, 4) is 10.6 Å². The van der Waals surface area contributed by atoms with E-state index in [1.165, 1.54) is 18.3 Å². The number of amides is 2. The topological polar surface area (TPSA) is 143 Å². The number of aromatic nitrogens is 3. The van der Waals surface area contributed by atoms with E-state index < -0.39 is 11.7 Å². The van der Waals surface area contributed by atoms with Gasteiger partial charge in [-0.15, -0.1) is 11.3 Å². The van der Waals surface area contributed by atoms with Gasteiger partial charge in [0.2, 0.25) is 0 Å². The number of thiazole rings is 1. The lowest BCUT2D eigenvalue weighted by Gasteiger charge is -2.22. The molecule has 3 aromatic rings. The summed E-state index contributed by atoms with van der Waals surface area (Å²) in [6.07, 6.45) is 8.19. The highest BCUT2D eigenvalue weighted by molar-refractivity contribution is 7.17. The maximum atomic E-state index is 13.1. The van der Waals surface area contributed by atoms with Crippen LogP contribution in [0.4, 0.5) is 5.69 Å². The quantitative estimate of drug-likeness (QED) is 0.290. The van der Waals surface area contributed by atoms with E-state index in [1.807, 2.05) is 23.4 Å². The summed E-state index contributed by atoms with van der Waals surface area (Å²) in [6, 6.07) is 2.26. The third kappa shape index (κ3) is 4.70. The highest BCUT2D eigenvalue weighted by Crippen LogP contribution is 2.47. The summed E-state index contributed by atoms with van der Waals surface area (Å²) in [7, 11) is 0. The maximum absolute atomic E-state index is 13.1. The minimum Gasteiger partial charge on any atom is -0.388 e. The Kier molecular flexibility index (Phi) is 5.94. The smallest absolute Gasteiger partial charge is 0.263 e. The second-order valence-electron chi connectivity index (χ2n) is 12.0. The monoisotopic (exact) mass is 550 g/mol. The second kappa shape index (κ2) is 9.28. The zero-order valence-corrected chi connectivity index (χ0v) is 22.8. The van der Waals surface area contributed by atoms with Gasteiger partial charge in [0.15, 0.2) is 0 Å². The zero-order chi connectivity index (χ0) is 26.9. The third-order valence-electron chi connectivity index (χ3n) is 8.81. The number of aromatic amines is 1. The van der Waals surface area contributed by atoms with Gasteiger partial charge in [0, 0.05) is 49.4 Å². The predicted molar refractivity (Wildman–Crippen MR) is 148 cm³/mol. The highest BCUT2D eigenvalue weighted by atomic mass is 32.1. The average Bonchev–Trinajstić information content (AvgIpc) is 3.62. The summed E-state index contributed by atoms with van der Waals surface area (Å²) >= 11 is 1.40. The van der Waals surface area contributed by atoms with Gasteiger partial charge in [-0.1, -0.05) is 0 Å². The van der Waals surface area contributed by atoms with Crippen molar-refractivity contribution in [3.63, 3.8) is 0 Å². The van der Waals surface area contributed by atoms with Crippen LogP contribution in [0.15, 0.2) is 18.5 Å². The molecule has 7 rings (SSSR count). The van der Waals surface area contributed by atoms with Crippen LogP contribution in [0, 0.1) is 11.8 Å². The van der Waals surface area contributed by atoms with E-state index in [0.717, 1.165) is 71.5 Å². The third-order valence-corrected chi connectivity index (χ3v) is 9.92. The number of nitrogens with one attached hydrogen (secondary N) is 3. The molecule has 11 heteroatoms. The van der Waals surface area contributed by atoms with Crippen molar-refractivity contribution in [2.75, 3.05) is 25.0 Å². The number of fused-ring (bicyclic) bond motifs is 2. The van der Waals surface area contributed by atoms with E-state index in [9.17, 15) is 19.8 Å². The number of aliphatic hydroxyl groups excluding tert-OH is 1. The van der Waals surface area contributed by atoms with Gasteiger partial charge in [0.25, 0.3) is 11.8 Å². The molecule has 4 aliphatic rings. The van der Waals surface area contributed by atoms with Crippen LogP contribution in [0.5, 0.6) is 0 Å². The Balaban J connectivity index is 1.15. The molecular weight excluding hydrogens is 516 g/mol. The average molecular weight is 551 g/mol. The van der Waals surface area contributed by atoms with Crippen molar-refractivity contribution >= 4 is 39.9 Å². The lowest BCUT2D eigenvalue weighted by atomic mass is 10.0. The van der Waals surface area contributed by atoms with E-state index in [2.05, 4.69) is 20.6 Å². The van der Waals surface area contributed by atoms with Gasteiger partial charge in [-0.05, 0) is 63.4 Å². The van der Waals surface area contributed by atoms with Crippen LogP contribution >= 0.6 is 11.3 Å². The molecule has 0 spiro atoms. The van der Waals surface area contributed by atoms with Gasteiger partial charge < -0.3 is 30.7 Å². The molecule has 5 N–H and O–H groups in total. The minimum atomic E-state index is -0.955. The molecule has 4 heterocycles. The number of likely N-dealkylation sites (tertiary alicyclic amines) is 1. The number of anilines is 1. The Morgan fingerprint density at radius 3 is 2.67 bits per heavy atom. The number of nitrogens with zero attached hydrogens (tertiary/aromatic N) is 3. The van der Waals surface area contributed by atoms with Crippen molar-refractivity contribution in [1.82, 2.24) is 25.2 Å². The fraction of sp³-hybridized carbons (Fsp3) is 0.571. The number of hydrogen-bond donors (Lipinski definition) is 5. The normalized spacial score (nSPS) is 26.0. The van der Waals surface area contributed by atoms with Crippen LogP contribution in [0.3, 0.4) is 0 Å². The molecule has 0 radical (unpaired) electrons. The van der Waals surface area contributed by atoms with Crippen LogP contribution < -0.4 is 10.6 Å². The Morgan fingerprint density at radius 1 is 1.26 bits per heavy atom. The maximum Gasteiger partial charge on any atom is 0.263 e. The fourth-order valence-electron chi connectivity index (χ4n) is 6.28. The molecule has 4 atom stereocenters. The van der Waals surface area contributed by atoms with Gasteiger partial charge in [-0.25, -0.2) is 9.97 Å². The van der Waals surface area contributed by atoms with Crippen molar-refractivity contribution in [2.45, 2.75) is 69.1 Å². The van der Waals surface area contributed by atoms with Gasteiger partial charge in [0.05, 0.1) is 22.5 Å². The first-order valence-electron chi connectivity index (χ1n) is 14.0. The summed E-state index contributed by atoms with van der Waals surface area (Å²) in [5.41, 5.74) is 2.76. The Bertz CT molecular complexity index is 1430. The first-order valence-corrected chi connectivity index (χ1v) is 14.8. The van der Waals surface area contributed by atoms with Gasteiger partial charge >= 0.3 is 0 Å². The summed E-state index contributed by atoms with van der Waals surface area (Å²) in [6.45, 7) is 3.20. The van der Waals surface area contributed by atoms with E-state index in [-0.39, 0.29) is 24.4 Å². The van der Waals surface area contributed by atoms with E-state index in [1.54, 1.807) is 0 Å². The van der Waals surface area contributed by atoms with Crippen LogP contribution in [0.1, 0.15) is 66.7 Å². The van der Waals surface area contributed by atoms with Gasteiger partial charge in [0.1, 0.15) is 21.6 Å². The summed E-state index contributed by atoms with van der Waals surface area (Å²) in [5, 5.41) is 28.4. The second-order valence-corrected chi connectivity index (χ2v) is 13.0. The van der Waals surface area contributed by atoms with Crippen molar-refractivity contribution < 1.29 is 19.8 Å². The van der Waals surface area contributed by atoms with Crippen LogP contribution in [-0.4, -0.2) is 79.3 Å². The van der Waals surface area contributed by atoms with Gasteiger partial charge in [-0.3, -0.25) is 9.59 Å². The van der Waals surface area contributed by atoms with E-state index in [4.69, 9.17) is 4.98 Å². The van der Waals surface area contributed by atoms with Crippen molar-refractivity contribution in [3.05, 3.63) is 29.0 Å². The number of aliphatic hydroxyl groups is 2. The van der Waals surface area contributed by atoms with Crippen molar-refractivity contribution in [2.24, 2.45) is 11.8 Å². The predicted octanol–water partition coefficient (Wildman–Crippen LogP) is 2.85. The Hall–Kier alpha value is -3.02. The summed E-state index contributed by atoms with van der Waals surface area (Å²) in [5.74, 6) is 0.790. The lowest BCUT2D eigenvalue weighted by molar-refractivity contribution is -0.138. The standard InChI is InChI=1S/C28H34N6O4S/c1-14(35)27(37)34-11-16-8-18(9-17(16)12-34)32-22-19-4-7-29-24(19)30-10-20(22)26-33-21(15-2-3-15)23(39-26)25(36)31-13-28(38)5-6-28/h4,7,10,14-18,35,38H,2-3,5-6,8-9,11-13H2,1H3,(H,31,36)(H2,29,30,32)/t14-,16-,17+,18?/m0/s1. The molecule has 2 amide bonds. The molecule has 39 heavy (non-hydrogen) atoms. The Labute approximate surface area is 230 Å². The van der Waals surface area contributed by atoms with E-state index in [0.29, 0.717) is 35.7 Å². The van der Waals surface area contributed by atoms with Crippen LogP contribution in [0.2, 0.25) is 0 Å². The number of carbonyl (C=O) groups excluding carboxylic acids is 2. The number of H-pyrrole nitrogens is 1. The van der Waals surface area contributed by atoms with E-state index >= 15 is 0 Å². The largest absolute Gasteiger partial charge is 0.388 e. The molecule has 1 saturated heterocycles. The molecule has 10 nitrogen and oxygen atoms in total.